The highest BCUT2D eigenvalue weighted by molar-refractivity contribution is 7.17. The molecule has 8 heteroatoms. The number of nitrogens with zero attached hydrogens (tertiary/aromatic N) is 2. The van der Waals surface area contributed by atoms with Gasteiger partial charge in [0.15, 0.2) is 0 Å². The van der Waals surface area contributed by atoms with Gasteiger partial charge in [0.25, 0.3) is 5.56 Å². The van der Waals surface area contributed by atoms with Crippen LogP contribution in [0, 0.1) is 0 Å². The molecule has 1 atom stereocenters. The van der Waals surface area contributed by atoms with E-state index in [4.69, 9.17) is 18.9 Å². The average molecular weight is 438 g/mol. The lowest BCUT2D eigenvalue weighted by Crippen LogP contribution is -2.26. The van der Waals surface area contributed by atoms with Gasteiger partial charge in [0.1, 0.15) is 27.9 Å². The molecule has 0 radical (unpaired) electrons. The van der Waals surface area contributed by atoms with Gasteiger partial charge in [-0.25, -0.2) is 4.98 Å². The summed E-state index contributed by atoms with van der Waals surface area (Å²) in [7, 11) is 3.33. The molecule has 0 amide bonds. The third kappa shape index (κ3) is 3.62. The van der Waals surface area contributed by atoms with Crippen molar-refractivity contribution >= 4 is 21.6 Å². The van der Waals surface area contributed by atoms with Crippen molar-refractivity contribution in [3.63, 3.8) is 0 Å². The van der Waals surface area contributed by atoms with Crippen molar-refractivity contribution in [1.82, 2.24) is 14.9 Å². The van der Waals surface area contributed by atoms with Crippen LogP contribution in [0.25, 0.3) is 21.5 Å². The first kappa shape index (κ1) is 19.8. The molecule has 1 aromatic carbocycles. The molecule has 1 fully saturated rings. The van der Waals surface area contributed by atoms with E-state index in [2.05, 4.69) is 16.0 Å². The number of aromatic nitrogens is 2. The number of thiophene rings is 1. The number of hydrogen-bond acceptors (Lipinski definition) is 7. The van der Waals surface area contributed by atoms with Crippen LogP contribution in [0.15, 0.2) is 51.2 Å². The maximum Gasteiger partial charge on any atom is 0.260 e. The van der Waals surface area contributed by atoms with Gasteiger partial charge >= 0.3 is 0 Å². The molecule has 5 rings (SSSR count). The van der Waals surface area contributed by atoms with Gasteiger partial charge < -0.3 is 18.9 Å². The number of benzene rings is 1. The largest absolute Gasteiger partial charge is 0.497 e. The van der Waals surface area contributed by atoms with Crippen LogP contribution in [-0.2, 0) is 6.54 Å². The Kier molecular flexibility index (Phi) is 5.25. The van der Waals surface area contributed by atoms with Crippen molar-refractivity contribution < 1.29 is 13.9 Å². The minimum Gasteiger partial charge on any atom is -0.497 e. The van der Waals surface area contributed by atoms with Crippen LogP contribution in [-0.4, -0.2) is 35.6 Å². The van der Waals surface area contributed by atoms with E-state index in [0.29, 0.717) is 23.5 Å². The van der Waals surface area contributed by atoms with Crippen LogP contribution in [0.2, 0.25) is 0 Å². The summed E-state index contributed by atoms with van der Waals surface area (Å²) in [6.07, 6.45) is 3.71. The second kappa shape index (κ2) is 8.20. The molecular formula is C23H23N3O4S. The van der Waals surface area contributed by atoms with Gasteiger partial charge in [-0.15, -0.1) is 11.3 Å². The molecule has 0 saturated carbocycles. The number of fused-ring (bicyclic) bond motifs is 1. The first-order valence-corrected chi connectivity index (χ1v) is 11.1. The lowest BCUT2D eigenvalue weighted by Gasteiger charge is -2.26. The topological polar surface area (TPSA) is 80.6 Å². The van der Waals surface area contributed by atoms with Crippen LogP contribution in [0.1, 0.15) is 30.3 Å². The quantitative estimate of drug-likeness (QED) is 0.475. The molecular weight excluding hydrogens is 414 g/mol. The van der Waals surface area contributed by atoms with Gasteiger partial charge in [-0.3, -0.25) is 9.69 Å². The van der Waals surface area contributed by atoms with Crippen molar-refractivity contribution in [3.8, 4) is 22.8 Å². The number of rotatable bonds is 6. The predicted octanol–water partition coefficient (Wildman–Crippen LogP) is 4.60. The van der Waals surface area contributed by atoms with Crippen LogP contribution in [0.3, 0.4) is 0 Å². The number of likely N-dealkylation sites (tertiary alicyclic amines) is 1. The summed E-state index contributed by atoms with van der Waals surface area (Å²) in [6, 6.07) is 9.81. The van der Waals surface area contributed by atoms with E-state index in [1.165, 1.54) is 11.3 Å². The number of hydrogen-bond donors (Lipinski definition) is 1. The second-order valence-corrected chi connectivity index (χ2v) is 8.41. The van der Waals surface area contributed by atoms with Crippen molar-refractivity contribution in [1.29, 1.82) is 0 Å². The summed E-state index contributed by atoms with van der Waals surface area (Å²) in [4.78, 5) is 23.7. The summed E-state index contributed by atoms with van der Waals surface area (Å²) in [6.45, 7) is 1.50. The summed E-state index contributed by atoms with van der Waals surface area (Å²) in [5.74, 6) is 2.93. The lowest BCUT2D eigenvalue weighted by atomic mass is 10.0. The van der Waals surface area contributed by atoms with Gasteiger partial charge in [0.05, 0.1) is 32.4 Å². The highest BCUT2D eigenvalue weighted by atomic mass is 32.1. The highest BCUT2D eigenvalue weighted by Crippen LogP contribution is 2.39. The summed E-state index contributed by atoms with van der Waals surface area (Å²) < 4.78 is 16.4. The highest BCUT2D eigenvalue weighted by Gasteiger charge is 2.29. The molecule has 4 aromatic rings. The Labute approximate surface area is 183 Å². The minimum atomic E-state index is -0.134. The fraction of sp³-hybridized carbons (Fsp3) is 0.304. The fourth-order valence-electron chi connectivity index (χ4n) is 4.34. The summed E-state index contributed by atoms with van der Waals surface area (Å²) >= 11 is 1.46. The number of nitrogens with one attached hydrogen (secondary N) is 1. The number of ether oxygens (including phenoxy) is 2. The van der Waals surface area contributed by atoms with Gasteiger partial charge in [0.2, 0.25) is 0 Å². The van der Waals surface area contributed by atoms with Crippen molar-refractivity contribution in [2.75, 3.05) is 20.8 Å². The monoisotopic (exact) mass is 437 g/mol. The molecule has 160 valence electrons. The number of methoxy groups -OCH3 is 2. The zero-order valence-corrected chi connectivity index (χ0v) is 18.2. The van der Waals surface area contributed by atoms with Crippen LogP contribution < -0.4 is 15.0 Å². The van der Waals surface area contributed by atoms with Crippen molar-refractivity contribution in [2.24, 2.45) is 0 Å². The minimum absolute atomic E-state index is 0.134. The molecule has 0 bridgehead atoms. The van der Waals surface area contributed by atoms with Crippen LogP contribution in [0.4, 0.5) is 0 Å². The van der Waals surface area contributed by atoms with Gasteiger partial charge in [-0.1, -0.05) is 6.07 Å². The van der Waals surface area contributed by atoms with Gasteiger partial charge in [-0.2, -0.15) is 0 Å². The number of furan rings is 1. The molecule has 7 nitrogen and oxygen atoms in total. The molecule has 1 N–H and O–H groups in total. The van der Waals surface area contributed by atoms with Gasteiger partial charge in [-0.05, 0) is 37.6 Å². The predicted molar refractivity (Wildman–Crippen MR) is 120 cm³/mol. The SMILES string of the molecule is COc1ccc(C2CCCN2Cc2nc3scc(-c4ccco4)c3c(=O)[nH]2)c(OC)c1. The van der Waals surface area contributed by atoms with E-state index in [-0.39, 0.29) is 11.6 Å². The summed E-state index contributed by atoms with van der Waals surface area (Å²) in [5.41, 5.74) is 1.78. The van der Waals surface area contributed by atoms with E-state index in [0.717, 1.165) is 46.8 Å². The van der Waals surface area contributed by atoms with Crippen LogP contribution in [0.5, 0.6) is 11.5 Å². The third-order valence-electron chi connectivity index (χ3n) is 5.80. The molecule has 0 aliphatic carbocycles. The zero-order chi connectivity index (χ0) is 21.4. The Bertz CT molecular complexity index is 1260. The van der Waals surface area contributed by atoms with E-state index in [1.807, 2.05) is 29.6 Å². The molecule has 1 unspecified atom stereocenters. The fourth-order valence-corrected chi connectivity index (χ4v) is 5.28. The molecule has 3 aromatic heterocycles. The van der Waals surface area contributed by atoms with Crippen molar-refractivity contribution in [3.05, 3.63) is 63.7 Å². The van der Waals surface area contributed by atoms with Crippen LogP contribution >= 0.6 is 11.3 Å². The molecule has 1 aliphatic heterocycles. The first-order valence-electron chi connectivity index (χ1n) is 10.2. The Morgan fingerprint density at radius 3 is 2.97 bits per heavy atom. The van der Waals surface area contributed by atoms with Crippen molar-refractivity contribution in [2.45, 2.75) is 25.4 Å². The lowest BCUT2D eigenvalue weighted by molar-refractivity contribution is 0.237. The molecule has 4 heterocycles. The Hall–Kier alpha value is -3.10. The Morgan fingerprint density at radius 1 is 1.29 bits per heavy atom. The standard InChI is InChI=1S/C23H23N3O4S/c1-28-14-7-8-15(19(11-14)29-2)17-5-3-9-26(17)12-20-24-22(27)21-16(13-31-23(21)25-20)18-6-4-10-30-18/h4,6-8,10-11,13,17H,3,5,9,12H2,1-2H3,(H,24,25,27). The van der Waals surface area contributed by atoms with E-state index in [1.54, 1.807) is 20.5 Å². The Balaban J connectivity index is 1.45. The molecule has 1 aliphatic rings. The number of aromatic amines is 1. The first-order chi connectivity index (χ1) is 15.2. The molecule has 0 spiro atoms. The maximum absolute atomic E-state index is 12.9. The summed E-state index contributed by atoms with van der Waals surface area (Å²) in [5, 5.41) is 2.51. The second-order valence-electron chi connectivity index (χ2n) is 7.56. The number of H-pyrrole nitrogens is 1. The Morgan fingerprint density at radius 2 is 2.19 bits per heavy atom. The van der Waals surface area contributed by atoms with E-state index < -0.39 is 0 Å². The van der Waals surface area contributed by atoms with E-state index in [9.17, 15) is 4.79 Å². The zero-order valence-electron chi connectivity index (χ0n) is 17.4. The molecule has 31 heavy (non-hydrogen) atoms. The maximum atomic E-state index is 12.9. The van der Waals surface area contributed by atoms with E-state index >= 15 is 0 Å². The smallest absolute Gasteiger partial charge is 0.260 e. The third-order valence-corrected chi connectivity index (χ3v) is 6.67. The van der Waals surface area contributed by atoms with Gasteiger partial charge in [0, 0.05) is 28.6 Å². The normalized spacial score (nSPS) is 16.8. The molecule has 1 saturated heterocycles. The average Bonchev–Trinajstić information content (AvgIpc) is 3.54.